The Morgan fingerprint density at radius 3 is 2.29 bits per heavy atom. The Hall–Kier alpha value is -1.72. The third-order valence-electron chi connectivity index (χ3n) is 3.31. The van der Waals surface area contributed by atoms with Crippen molar-refractivity contribution in [3.63, 3.8) is 0 Å². The molecule has 0 radical (unpaired) electrons. The molecule has 11 heteroatoms. The first-order valence-corrected chi connectivity index (χ1v) is 10.3. The lowest BCUT2D eigenvalue weighted by atomic mass is 10.0. The molecule has 0 heterocycles. The quantitative estimate of drug-likeness (QED) is 0.614. The van der Waals surface area contributed by atoms with E-state index in [1.165, 1.54) is 0 Å². The van der Waals surface area contributed by atoms with Crippen LogP contribution in [0.5, 0.6) is 0 Å². The molecule has 24 heavy (non-hydrogen) atoms. The molecule has 0 aromatic heterocycles. The van der Waals surface area contributed by atoms with Crippen molar-refractivity contribution in [3.05, 3.63) is 24.0 Å². The van der Waals surface area contributed by atoms with Crippen molar-refractivity contribution < 1.29 is 31.1 Å². The third-order valence-corrected chi connectivity index (χ3v) is 5.34. The second-order valence-corrected chi connectivity index (χ2v) is 8.80. The highest BCUT2D eigenvalue weighted by Crippen LogP contribution is 2.21. The van der Waals surface area contributed by atoms with Crippen molar-refractivity contribution in [1.29, 1.82) is 0 Å². The summed E-state index contributed by atoms with van der Waals surface area (Å²) in [6, 6.07) is 1.18. The lowest BCUT2D eigenvalue weighted by molar-refractivity contribution is -0.140. The van der Waals surface area contributed by atoms with E-state index in [0.29, 0.717) is 12.5 Å². The van der Waals surface area contributed by atoms with Gasteiger partial charge in [0.15, 0.2) is 0 Å². The number of anilines is 1. The summed E-state index contributed by atoms with van der Waals surface area (Å²) in [5.74, 6) is -2.92. The van der Waals surface area contributed by atoms with Gasteiger partial charge in [0.1, 0.15) is 11.9 Å². The van der Waals surface area contributed by atoms with E-state index in [-0.39, 0.29) is 0 Å². The zero-order chi connectivity index (χ0) is 18.7. The molecule has 0 amide bonds. The maximum Gasteiger partial charge on any atom is 0.322 e. The molecule has 0 unspecified atom stereocenters. The second kappa shape index (κ2) is 7.45. The van der Waals surface area contributed by atoms with Gasteiger partial charge in [-0.2, -0.15) is 4.72 Å². The lowest BCUT2D eigenvalue weighted by Gasteiger charge is -2.20. The summed E-state index contributed by atoms with van der Waals surface area (Å²) in [6.45, 7) is 3.28. The van der Waals surface area contributed by atoms with Gasteiger partial charge in [-0.05, 0) is 24.1 Å². The molecule has 0 spiro atoms. The van der Waals surface area contributed by atoms with Gasteiger partial charge in [-0.3, -0.25) is 9.52 Å². The minimum atomic E-state index is -4.29. The largest absolute Gasteiger partial charge is 0.480 e. The van der Waals surface area contributed by atoms with Crippen molar-refractivity contribution in [1.82, 2.24) is 4.72 Å². The predicted molar refractivity (Wildman–Crippen MR) is 86.1 cm³/mol. The van der Waals surface area contributed by atoms with Crippen molar-refractivity contribution >= 4 is 31.7 Å². The van der Waals surface area contributed by atoms with Gasteiger partial charge < -0.3 is 5.11 Å². The van der Waals surface area contributed by atoms with Crippen LogP contribution in [0.1, 0.15) is 20.3 Å². The van der Waals surface area contributed by atoms with Crippen molar-refractivity contribution in [2.45, 2.75) is 31.2 Å². The molecule has 0 aliphatic carbocycles. The molecule has 0 fully saturated rings. The molecular formula is C13H19FN2O6S2. The SMILES string of the molecule is CC[C@H](C)[C@H](NS(=O)(=O)c1ccc(NS(C)(=O)=O)c(F)c1)C(=O)O. The molecule has 0 saturated heterocycles. The van der Waals surface area contributed by atoms with Crippen LogP contribution in [0.2, 0.25) is 0 Å². The predicted octanol–water partition coefficient (Wildman–Crippen LogP) is 0.975. The standard InChI is InChI=1S/C13H19FN2O6S2/c1-4-8(2)12(13(17)18)16-24(21,22)9-5-6-11(10(14)7-9)15-23(3,19)20/h5-8,12,15-16H,4H2,1-3H3,(H,17,18)/t8-,12-/m0/s1. The molecule has 1 aromatic rings. The number of hydrogen-bond acceptors (Lipinski definition) is 5. The van der Waals surface area contributed by atoms with Crippen molar-refractivity contribution in [2.75, 3.05) is 11.0 Å². The van der Waals surface area contributed by atoms with E-state index < -0.39 is 54.4 Å². The first-order chi connectivity index (χ1) is 10.9. The molecule has 0 aliphatic rings. The van der Waals surface area contributed by atoms with Gasteiger partial charge in [0.25, 0.3) is 0 Å². The first kappa shape index (κ1) is 20.3. The van der Waals surface area contributed by atoms with Crippen molar-refractivity contribution in [3.8, 4) is 0 Å². The van der Waals surface area contributed by atoms with Gasteiger partial charge in [-0.15, -0.1) is 0 Å². The Balaban J connectivity index is 3.15. The average Bonchev–Trinajstić information content (AvgIpc) is 2.44. The number of carboxylic acids is 1. The van der Waals surface area contributed by atoms with Crippen LogP contribution in [0.4, 0.5) is 10.1 Å². The number of aliphatic carboxylic acids is 1. The van der Waals surface area contributed by atoms with E-state index in [1.54, 1.807) is 13.8 Å². The summed E-state index contributed by atoms with van der Waals surface area (Å²) >= 11 is 0. The summed E-state index contributed by atoms with van der Waals surface area (Å²) < 4.78 is 64.5. The molecule has 8 nitrogen and oxygen atoms in total. The Kier molecular flexibility index (Phi) is 6.31. The monoisotopic (exact) mass is 382 g/mol. The molecule has 0 aliphatic heterocycles. The van der Waals surface area contributed by atoms with Crippen LogP contribution in [-0.2, 0) is 24.8 Å². The highest BCUT2D eigenvalue weighted by Gasteiger charge is 2.29. The number of benzene rings is 1. The van der Waals surface area contributed by atoms with E-state index in [0.717, 1.165) is 18.4 Å². The van der Waals surface area contributed by atoms with Crippen molar-refractivity contribution in [2.24, 2.45) is 5.92 Å². The molecule has 2 atom stereocenters. The Labute approximate surface area is 140 Å². The summed E-state index contributed by atoms with van der Waals surface area (Å²) in [6.07, 6.45) is 1.24. The fourth-order valence-electron chi connectivity index (χ4n) is 1.83. The van der Waals surface area contributed by atoms with Gasteiger partial charge in [0.05, 0.1) is 16.8 Å². The Bertz CT molecular complexity index is 823. The highest BCUT2D eigenvalue weighted by atomic mass is 32.2. The van der Waals surface area contributed by atoms with E-state index in [2.05, 4.69) is 0 Å². The summed E-state index contributed by atoms with van der Waals surface area (Å²) in [7, 11) is -8.02. The molecular weight excluding hydrogens is 363 g/mol. The van der Waals surface area contributed by atoms with E-state index >= 15 is 0 Å². The summed E-state index contributed by atoms with van der Waals surface area (Å²) in [4.78, 5) is 10.7. The fraction of sp³-hybridized carbons (Fsp3) is 0.462. The number of carbonyl (C=O) groups is 1. The highest BCUT2D eigenvalue weighted by molar-refractivity contribution is 7.92. The van der Waals surface area contributed by atoms with Crippen LogP contribution in [0.3, 0.4) is 0 Å². The number of halogens is 1. The number of hydrogen-bond donors (Lipinski definition) is 3. The van der Waals surface area contributed by atoms with Crippen LogP contribution >= 0.6 is 0 Å². The Morgan fingerprint density at radius 2 is 1.88 bits per heavy atom. The second-order valence-electron chi connectivity index (χ2n) is 5.34. The molecule has 1 rings (SSSR count). The molecule has 3 N–H and O–H groups in total. The third kappa shape index (κ3) is 5.42. The zero-order valence-electron chi connectivity index (χ0n) is 13.3. The minimum absolute atomic E-state index is 0.409. The normalized spacial score (nSPS) is 14.8. The summed E-state index contributed by atoms with van der Waals surface area (Å²) in [5.41, 5.74) is -0.409. The van der Waals surface area contributed by atoms with Gasteiger partial charge in [0, 0.05) is 0 Å². The maximum absolute atomic E-state index is 13.9. The lowest BCUT2D eigenvalue weighted by Crippen LogP contribution is -2.44. The number of sulfonamides is 2. The fourth-order valence-corrected chi connectivity index (χ4v) is 3.70. The number of nitrogens with one attached hydrogen (secondary N) is 2. The van der Waals surface area contributed by atoms with Gasteiger partial charge >= 0.3 is 5.97 Å². The van der Waals surface area contributed by atoms with Crippen LogP contribution in [0.25, 0.3) is 0 Å². The number of carboxylic acid groups (broad SMARTS) is 1. The van der Waals surface area contributed by atoms with Gasteiger partial charge in [-0.25, -0.2) is 21.2 Å². The maximum atomic E-state index is 13.9. The van der Waals surface area contributed by atoms with Gasteiger partial charge in [0.2, 0.25) is 20.0 Å². The van der Waals surface area contributed by atoms with Crippen LogP contribution in [-0.4, -0.2) is 40.2 Å². The smallest absolute Gasteiger partial charge is 0.322 e. The van der Waals surface area contributed by atoms with E-state index in [9.17, 15) is 26.0 Å². The van der Waals surface area contributed by atoms with E-state index in [1.807, 2.05) is 9.44 Å². The minimum Gasteiger partial charge on any atom is -0.480 e. The van der Waals surface area contributed by atoms with E-state index in [4.69, 9.17) is 5.11 Å². The molecule has 1 aromatic carbocycles. The van der Waals surface area contributed by atoms with Crippen LogP contribution in [0, 0.1) is 11.7 Å². The average molecular weight is 382 g/mol. The topological polar surface area (TPSA) is 130 Å². The van der Waals surface area contributed by atoms with Crippen LogP contribution in [0.15, 0.2) is 23.1 Å². The molecule has 0 bridgehead atoms. The zero-order valence-corrected chi connectivity index (χ0v) is 14.9. The van der Waals surface area contributed by atoms with Crippen LogP contribution < -0.4 is 9.44 Å². The Morgan fingerprint density at radius 1 is 1.29 bits per heavy atom. The first-order valence-electron chi connectivity index (χ1n) is 6.90. The number of rotatable bonds is 8. The molecule has 0 saturated carbocycles. The molecule has 136 valence electrons. The van der Waals surface area contributed by atoms with Gasteiger partial charge in [-0.1, -0.05) is 20.3 Å². The summed E-state index contributed by atoms with van der Waals surface area (Å²) in [5, 5.41) is 9.13.